The molecule has 0 radical (unpaired) electrons. The molecule has 2 aliphatic heterocycles. The molecule has 4 amide bonds. The zero-order chi connectivity index (χ0) is 53.2. The predicted molar refractivity (Wildman–Crippen MR) is 273 cm³/mol. The average Bonchev–Trinajstić information content (AvgIpc) is 3.96. The molecule has 2 saturated heterocycles. The number of likely N-dealkylation sites (tertiary alicyclic amines) is 1. The summed E-state index contributed by atoms with van der Waals surface area (Å²) < 4.78 is 47.0. The molecule has 18 heteroatoms. The van der Waals surface area contributed by atoms with Crippen LogP contribution in [0, 0.1) is 34.5 Å². The quantitative estimate of drug-likeness (QED) is 0.0876. The Balaban J connectivity index is 0.837. The molecular weight excluding hydrogens is 958 g/mol. The minimum absolute atomic E-state index is 0.00798. The molecular formula is C55H69F3N8O6S. The van der Waals surface area contributed by atoms with Crippen LogP contribution in [0.3, 0.4) is 0 Å². The number of halogens is 3. The van der Waals surface area contributed by atoms with E-state index in [1.165, 1.54) is 11.0 Å². The van der Waals surface area contributed by atoms with Gasteiger partial charge in [-0.15, -0.1) is 11.3 Å². The largest absolute Gasteiger partial charge is 0.489 e. The minimum Gasteiger partial charge on any atom is -0.489 e. The summed E-state index contributed by atoms with van der Waals surface area (Å²) in [5.41, 5.74) is 2.84. The van der Waals surface area contributed by atoms with Crippen LogP contribution in [0.4, 0.5) is 13.2 Å². The smallest absolute Gasteiger partial charge is 0.417 e. The summed E-state index contributed by atoms with van der Waals surface area (Å²) in [6.07, 6.45) is -4.32. The molecule has 4 aromatic rings. The third-order valence-corrected chi connectivity index (χ3v) is 15.8. The molecule has 0 unspecified atom stereocenters. The highest BCUT2D eigenvalue weighted by atomic mass is 32.1. The highest BCUT2D eigenvalue weighted by Crippen LogP contribution is 2.56. The molecule has 392 valence electrons. The fourth-order valence-corrected chi connectivity index (χ4v) is 11.8. The Hall–Kier alpha value is -5.87. The Bertz CT molecular complexity index is 2650. The Morgan fingerprint density at radius 1 is 0.932 bits per heavy atom. The number of carbonyl (C=O) groups is 4. The summed E-state index contributed by atoms with van der Waals surface area (Å²) in [5.74, 6) is -1.30. The van der Waals surface area contributed by atoms with E-state index in [-0.39, 0.29) is 55.1 Å². The van der Waals surface area contributed by atoms with Crippen LogP contribution in [0.25, 0.3) is 10.4 Å². The highest BCUT2D eigenvalue weighted by Gasteiger charge is 2.64. The van der Waals surface area contributed by atoms with Crippen molar-refractivity contribution in [1.82, 2.24) is 35.6 Å². The number of benzene rings is 3. The van der Waals surface area contributed by atoms with E-state index in [0.717, 1.165) is 71.9 Å². The van der Waals surface area contributed by atoms with Gasteiger partial charge in [-0.25, -0.2) is 4.98 Å². The van der Waals surface area contributed by atoms with Crippen molar-refractivity contribution >= 4 is 35.0 Å². The second-order valence-electron chi connectivity index (χ2n) is 22.2. The third kappa shape index (κ3) is 12.6. The number of aliphatic hydroxyl groups excluding tert-OH is 1. The molecule has 1 saturated carbocycles. The van der Waals surface area contributed by atoms with Crippen LogP contribution < -0.4 is 20.7 Å². The van der Waals surface area contributed by atoms with Crippen molar-refractivity contribution in [1.29, 1.82) is 5.26 Å². The summed E-state index contributed by atoms with van der Waals surface area (Å²) in [5, 5.41) is 29.1. The number of thiazole rings is 1. The van der Waals surface area contributed by atoms with Crippen LogP contribution in [-0.2, 0) is 27.0 Å². The number of aryl methyl sites for hydroxylation is 2. The first-order valence-corrected chi connectivity index (χ1v) is 25.9. The first-order chi connectivity index (χ1) is 34.3. The number of aromatic nitrogens is 1. The van der Waals surface area contributed by atoms with E-state index in [4.69, 9.17) is 4.74 Å². The number of hydrogen-bond donors (Lipinski definition) is 4. The Labute approximate surface area is 430 Å². The number of nitriles is 1. The van der Waals surface area contributed by atoms with Crippen molar-refractivity contribution in [3.63, 3.8) is 0 Å². The molecule has 4 atom stereocenters. The molecule has 14 nitrogen and oxygen atoms in total. The summed E-state index contributed by atoms with van der Waals surface area (Å²) in [6, 6.07) is 17.8. The van der Waals surface area contributed by atoms with Crippen LogP contribution in [0.2, 0.25) is 0 Å². The molecule has 0 bridgehead atoms. The van der Waals surface area contributed by atoms with Gasteiger partial charge in [0, 0.05) is 61.6 Å². The molecule has 4 N–H and O–H groups in total. The standard InChI is InChI=1S/C55H69F3N8O6S/c1-33(36-16-18-37(19-17-36)45-34(2)60-32-73-45)61-48(70)43-27-40(67)30-66(43)49(71)46(52(3,4)5)62-44(68)31-65-25-23-64(24-26-65)22-10-11-35-12-14-38(15-13-35)47(69)63-50-53(6,7)51(54(50,8)9)72-41-21-20-39(29-59)42(28-41)55(56,57)58/h12-21,28,32-33,40,43,46,50-51,67H,10-11,22-27,30-31H2,1-9H3,(H,61,70)(H,62,68)(H,63,69)/t33-,40+,43-,46+,50-,51-/m0/s1. The van der Waals surface area contributed by atoms with E-state index in [9.17, 15) is 42.7 Å². The van der Waals surface area contributed by atoms with Crippen LogP contribution in [0.5, 0.6) is 5.75 Å². The minimum atomic E-state index is -4.71. The Morgan fingerprint density at radius 2 is 1.58 bits per heavy atom. The molecule has 3 aromatic carbocycles. The molecule has 0 spiro atoms. The average molecular weight is 1030 g/mol. The van der Waals surface area contributed by atoms with Gasteiger partial charge in [-0.1, -0.05) is 84.9 Å². The number of carbonyl (C=O) groups excluding carboxylic acids is 4. The lowest BCUT2D eigenvalue weighted by molar-refractivity contribution is -0.164. The number of rotatable bonds is 16. The SMILES string of the molecule is Cc1ncsc1-c1ccc([C@H](C)NC(=O)[C@@H]2C[C@@H](O)CN2C(=O)[C@@H](NC(=O)CN2CCN(CCCc3ccc(C(=O)N[C@H]4C(C)(C)[C@H](Oc5ccc(C#N)c(C(F)(F)F)c5)C4(C)C)cc3)CC2)C(C)(C)C)cc1. The predicted octanol–water partition coefficient (Wildman–Crippen LogP) is 7.54. The van der Waals surface area contributed by atoms with E-state index < -0.39 is 63.7 Å². The van der Waals surface area contributed by atoms with Gasteiger partial charge in [0.05, 0.1) is 52.0 Å². The van der Waals surface area contributed by atoms with Crippen LogP contribution in [0.1, 0.15) is 113 Å². The van der Waals surface area contributed by atoms with Crippen molar-refractivity contribution < 1.29 is 42.2 Å². The summed E-state index contributed by atoms with van der Waals surface area (Å²) >= 11 is 1.57. The van der Waals surface area contributed by atoms with Gasteiger partial charge in [0.1, 0.15) is 23.9 Å². The second kappa shape index (κ2) is 21.9. The molecule has 1 aliphatic carbocycles. The van der Waals surface area contributed by atoms with Gasteiger partial charge < -0.3 is 35.6 Å². The number of piperazine rings is 1. The first kappa shape index (κ1) is 54.9. The van der Waals surface area contributed by atoms with Crippen LogP contribution >= 0.6 is 11.3 Å². The molecule has 7 rings (SSSR count). The van der Waals surface area contributed by atoms with Crippen molar-refractivity contribution in [2.45, 2.75) is 124 Å². The fourth-order valence-electron chi connectivity index (χ4n) is 11.0. The maximum Gasteiger partial charge on any atom is 0.417 e. The number of hydrogen-bond acceptors (Lipinski definition) is 11. The number of nitrogens with one attached hydrogen (secondary N) is 3. The molecule has 3 fully saturated rings. The normalized spacial score (nSPS) is 21.8. The van der Waals surface area contributed by atoms with E-state index in [1.807, 2.05) is 104 Å². The first-order valence-electron chi connectivity index (χ1n) is 25.0. The van der Waals surface area contributed by atoms with Gasteiger partial charge in [-0.2, -0.15) is 18.4 Å². The van der Waals surface area contributed by atoms with Gasteiger partial charge in [0.2, 0.25) is 17.7 Å². The summed E-state index contributed by atoms with van der Waals surface area (Å²) in [4.78, 5) is 66.3. The monoisotopic (exact) mass is 1030 g/mol. The molecule has 73 heavy (non-hydrogen) atoms. The summed E-state index contributed by atoms with van der Waals surface area (Å²) in [7, 11) is 0. The van der Waals surface area contributed by atoms with E-state index in [2.05, 4.69) is 30.7 Å². The lowest BCUT2D eigenvalue weighted by Crippen LogP contribution is -2.74. The van der Waals surface area contributed by atoms with E-state index >= 15 is 0 Å². The highest BCUT2D eigenvalue weighted by molar-refractivity contribution is 7.13. The van der Waals surface area contributed by atoms with Gasteiger partial charge >= 0.3 is 6.18 Å². The van der Waals surface area contributed by atoms with Crippen molar-refractivity contribution in [3.8, 4) is 22.3 Å². The van der Waals surface area contributed by atoms with Crippen LogP contribution in [0.15, 0.2) is 72.2 Å². The molecule has 3 aliphatic rings. The lowest BCUT2D eigenvalue weighted by atomic mass is 9.49. The van der Waals surface area contributed by atoms with Crippen LogP contribution in [-0.4, -0.2) is 125 Å². The third-order valence-electron chi connectivity index (χ3n) is 14.8. The Morgan fingerprint density at radius 3 is 2.16 bits per heavy atom. The van der Waals surface area contributed by atoms with Gasteiger partial charge in [-0.05, 0) is 85.7 Å². The topological polar surface area (TPSA) is 180 Å². The zero-order valence-electron chi connectivity index (χ0n) is 43.2. The number of nitrogens with zero attached hydrogens (tertiary/aromatic N) is 5. The van der Waals surface area contributed by atoms with Gasteiger partial charge in [0.15, 0.2) is 0 Å². The number of alkyl halides is 3. The number of aliphatic hydroxyl groups is 1. The van der Waals surface area contributed by atoms with E-state index in [0.29, 0.717) is 18.7 Å². The number of amides is 4. The van der Waals surface area contributed by atoms with Crippen molar-refractivity contribution in [2.24, 2.45) is 16.2 Å². The number of β-amino-alcohol motifs (C(OH)–C–C–N with tert-alkyl or cyclic N) is 1. The van der Waals surface area contributed by atoms with E-state index in [1.54, 1.807) is 29.5 Å². The Kier molecular flexibility index (Phi) is 16.5. The maximum absolute atomic E-state index is 14.2. The zero-order valence-corrected chi connectivity index (χ0v) is 44.0. The molecule has 3 heterocycles. The second-order valence-corrected chi connectivity index (χ2v) is 23.0. The van der Waals surface area contributed by atoms with Crippen molar-refractivity contribution in [2.75, 3.05) is 45.8 Å². The summed E-state index contributed by atoms with van der Waals surface area (Å²) in [6.45, 7) is 21.0. The molecule has 1 aromatic heterocycles. The van der Waals surface area contributed by atoms with Gasteiger partial charge in [-0.3, -0.25) is 24.1 Å². The van der Waals surface area contributed by atoms with Gasteiger partial charge in [0.25, 0.3) is 5.91 Å². The number of ether oxygens (including phenoxy) is 1. The maximum atomic E-state index is 14.2. The van der Waals surface area contributed by atoms with Crippen molar-refractivity contribution in [3.05, 3.63) is 106 Å². The lowest BCUT2D eigenvalue weighted by Gasteiger charge is -2.63. The fraction of sp³-hybridized carbons (Fsp3) is 0.527.